The fourth-order valence-corrected chi connectivity index (χ4v) is 2.63. The molecule has 148 valence electrons. The Morgan fingerprint density at radius 2 is 1.54 bits per heavy atom. The average Bonchev–Trinajstić information content (AvgIpc) is 2.70. The first kappa shape index (κ1) is 21.2. The summed E-state index contributed by atoms with van der Waals surface area (Å²) < 4.78 is 5.49. The van der Waals surface area contributed by atoms with Gasteiger partial charge in [-0.25, -0.2) is 4.79 Å². The summed E-state index contributed by atoms with van der Waals surface area (Å²) >= 11 is 0. The summed E-state index contributed by atoms with van der Waals surface area (Å²) in [6, 6.07) is 13.3. The van der Waals surface area contributed by atoms with E-state index in [1.165, 1.54) is 17.0 Å². The molecule has 0 aliphatic rings. The van der Waals surface area contributed by atoms with Crippen molar-refractivity contribution in [3.63, 3.8) is 0 Å². The number of carbonyl (C=O) groups is 3. The molecule has 0 fully saturated rings. The minimum absolute atomic E-state index is 0.0883. The van der Waals surface area contributed by atoms with Crippen molar-refractivity contribution in [2.24, 2.45) is 0 Å². The van der Waals surface area contributed by atoms with E-state index in [-0.39, 0.29) is 30.1 Å². The van der Waals surface area contributed by atoms with Crippen LogP contribution in [0.15, 0.2) is 48.5 Å². The van der Waals surface area contributed by atoms with Gasteiger partial charge in [0.05, 0.1) is 12.2 Å². The van der Waals surface area contributed by atoms with E-state index in [0.717, 1.165) is 17.7 Å². The molecule has 1 N–H and O–H groups in total. The van der Waals surface area contributed by atoms with Crippen LogP contribution in [0.4, 0.5) is 0 Å². The quantitative estimate of drug-likeness (QED) is 0.631. The normalized spacial score (nSPS) is 10.4. The van der Waals surface area contributed by atoms with E-state index in [1.807, 2.05) is 6.92 Å². The highest BCUT2D eigenvalue weighted by Gasteiger charge is 2.14. The van der Waals surface area contributed by atoms with E-state index in [1.54, 1.807) is 43.4 Å². The fraction of sp³-hybridized carbons (Fsp3) is 0.318. The van der Waals surface area contributed by atoms with E-state index in [2.05, 4.69) is 0 Å². The maximum absolute atomic E-state index is 12.3. The molecular formula is C22H25NO5. The minimum atomic E-state index is -0.987. The molecule has 0 radical (unpaired) electrons. The molecule has 1 amide bonds. The molecule has 0 spiro atoms. The summed E-state index contributed by atoms with van der Waals surface area (Å²) in [6.45, 7) is 3.01. The lowest BCUT2D eigenvalue weighted by Gasteiger charge is -2.17. The van der Waals surface area contributed by atoms with Gasteiger partial charge < -0.3 is 14.7 Å². The van der Waals surface area contributed by atoms with Crippen LogP contribution in [0.5, 0.6) is 5.75 Å². The van der Waals surface area contributed by atoms with E-state index in [9.17, 15) is 14.4 Å². The van der Waals surface area contributed by atoms with Crippen LogP contribution in [0.2, 0.25) is 0 Å². The van der Waals surface area contributed by atoms with Crippen molar-refractivity contribution >= 4 is 17.7 Å². The smallest absolute Gasteiger partial charge is 0.335 e. The van der Waals surface area contributed by atoms with Crippen LogP contribution in [0.25, 0.3) is 0 Å². The molecule has 0 aliphatic carbocycles. The van der Waals surface area contributed by atoms with Crippen LogP contribution in [-0.2, 0) is 11.3 Å². The highest BCUT2D eigenvalue weighted by molar-refractivity contribution is 5.98. The van der Waals surface area contributed by atoms with Gasteiger partial charge in [0.1, 0.15) is 5.75 Å². The number of aromatic carboxylic acids is 1. The Morgan fingerprint density at radius 1 is 0.929 bits per heavy atom. The molecule has 0 saturated heterocycles. The number of amides is 1. The van der Waals surface area contributed by atoms with Gasteiger partial charge in [-0.3, -0.25) is 9.59 Å². The van der Waals surface area contributed by atoms with Crippen molar-refractivity contribution in [2.45, 2.75) is 32.7 Å². The number of rotatable bonds is 10. The standard InChI is InChI=1S/C22H25NO5/c1-3-14-28-19-10-8-17(9-11-19)20(24)12-13-21(25)23(2)15-16-4-6-18(7-5-16)22(26)27/h4-11H,3,12-15H2,1-2H3,(H,26,27). The first-order chi connectivity index (χ1) is 13.4. The van der Waals surface area contributed by atoms with Crippen molar-refractivity contribution < 1.29 is 24.2 Å². The van der Waals surface area contributed by atoms with Gasteiger partial charge in [-0.15, -0.1) is 0 Å². The summed E-state index contributed by atoms with van der Waals surface area (Å²) in [7, 11) is 1.66. The second kappa shape index (κ2) is 10.3. The lowest BCUT2D eigenvalue weighted by molar-refractivity contribution is -0.130. The van der Waals surface area contributed by atoms with Crippen LogP contribution < -0.4 is 4.74 Å². The largest absolute Gasteiger partial charge is 0.494 e. The molecule has 0 heterocycles. The summed E-state index contributed by atoms with van der Waals surface area (Å²) in [6.07, 6.45) is 1.17. The maximum atomic E-state index is 12.3. The van der Waals surface area contributed by atoms with Crippen LogP contribution in [0, 0.1) is 0 Å². The number of ether oxygens (including phenoxy) is 1. The van der Waals surface area contributed by atoms with E-state index in [0.29, 0.717) is 18.7 Å². The van der Waals surface area contributed by atoms with E-state index < -0.39 is 5.97 Å². The highest BCUT2D eigenvalue weighted by atomic mass is 16.5. The van der Waals surface area contributed by atoms with Gasteiger partial charge in [0.2, 0.25) is 5.91 Å². The number of hydrogen-bond acceptors (Lipinski definition) is 4. The predicted molar refractivity (Wildman–Crippen MR) is 106 cm³/mol. The molecule has 0 aliphatic heterocycles. The van der Waals surface area contributed by atoms with Crippen LogP contribution in [0.1, 0.15) is 52.5 Å². The Kier molecular flexibility index (Phi) is 7.75. The zero-order valence-electron chi connectivity index (χ0n) is 16.2. The number of hydrogen-bond donors (Lipinski definition) is 1. The minimum Gasteiger partial charge on any atom is -0.494 e. The van der Waals surface area contributed by atoms with Gasteiger partial charge in [-0.1, -0.05) is 19.1 Å². The third-order valence-electron chi connectivity index (χ3n) is 4.26. The Bertz CT molecular complexity index is 812. The lowest BCUT2D eigenvalue weighted by atomic mass is 10.1. The molecule has 6 nitrogen and oxygen atoms in total. The monoisotopic (exact) mass is 383 g/mol. The van der Waals surface area contributed by atoms with Gasteiger partial charge in [-0.2, -0.15) is 0 Å². The van der Waals surface area contributed by atoms with Gasteiger partial charge in [-0.05, 0) is 48.4 Å². The van der Waals surface area contributed by atoms with Gasteiger partial charge >= 0.3 is 5.97 Å². The molecule has 28 heavy (non-hydrogen) atoms. The molecule has 2 aromatic carbocycles. The van der Waals surface area contributed by atoms with Crippen molar-refractivity contribution in [2.75, 3.05) is 13.7 Å². The number of benzene rings is 2. The summed E-state index contributed by atoms with van der Waals surface area (Å²) in [4.78, 5) is 37.0. The lowest BCUT2D eigenvalue weighted by Crippen LogP contribution is -2.26. The number of carboxylic acids is 1. The van der Waals surface area contributed by atoms with E-state index >= 15 is 0 Å². The zero-order valence-corrected chi connectivity index (χ0v) is 16.2. The van der Waals surface area contributed by atoms with Crippen molar-refractivity contribution in [1.82, 2.24) is 4.90 Å². The molecule has 0 unspecified atom stereocenters. The summed E-state index contributed by atoms with van der Waals surface area (Å²) in [5, 5.41) is 8.91. The molecular weight excluding hydrogens is 358 g/mol. The number of ketones is 1. The first-order valence-corrected chi connectivity index (χ1v) is 9.23. The maximum Gasteiger partial charge on any atom is 0.335 e. The van der Waals surface area contributed by atoms with Crippen molar-refractivity contribution in [1.29, 1.82) is 0 Å². The Hall–Kier alpha value is -3.15. The Labute approximate surface area is 164 Å². The van der Waals surface area contributed by atoms with E-state index in [4.69, 9.17) is 9.84 Å². The number of carboxylic acid groups (broad SMARTS) is 1. The SMILES string of the molecule is CCCOc1ccc(C(=O)CCC(=O)N(C)Cc2ccc(C(=O)O)cc2)cc1. The van der Waals surface area contributed by atoms with Gasteiger partial charge in [0, 0.05) is 32.0 Å². The second-order valence-electron chi connectivity index (χ2n) is 6.55. The number of Topliss-reactive ketones (excluding diaryl/α,β-unsaturated/α-hetero) is 1. The highest BCUT2D eigenvalue weighted by Crippen LogP contribution is 2.15. The third kappa shape index (κ3) is 6.23. The fourth-order valence-electron chi connectivity index (χ4n) is 2.63. The van der Waals surface area contributed by atoms with Crippen LogP contribution in [-0.4, -0.2) is 41.3 Å². The molecule has 2 rings (SSSR count). The molecule has 0 atom stereocenters. The van der Waals surface area contributed by atoms with Gasteiger partial charge in [0.15, 0.2) is 5.78 Å². The van der Waals surface area contributed by atoms with Crippen LogP contribution >= 0.6 is 0 Å². The zero-order chi connectivity index (χ0) is 20.5. The molecule has 0 saturated carbocycles. The topological polar surface area (TPSA) is 83.9 Å². The number of carbonyl (C=O) groups excluding carboxylic acids is 2. The second-order valence-corrected chi connectivity index (χ2v) is 6.55. The summed E-state index contributed by atoms with van der Waals surface area (Å²) in [5.41, 5.74) is 1.59. The average molecular weight is 383 g/mol. The van der Waals surface area contributed by atoms with Crippen LogP contribution in [0.3, 0.4) is 0 Å². The summed E-state index contributed by atoms with van der Waals surface area (Å²) in [5.74, 6) is -0.490. The van der Waals surface area contributed by atoms with Crippen molar-refractivity contribution in [3.05, 3.63) is 65.2 Å². The predicted octanol–water partition coefficient (Wildman–Crippen LogP) is 3.80. The Morgan fingerprint density at radius 3 is 2.11 bits per heavy atom. The Balaban J connectivity index is 1.83. The first-order valence-electron chi connectivity index (χ1n) is 9.23. The molecule has 0 aromatic heterocycles. The van der Waals surface area contributed by atoms with Crippen molar-refractivity contribution in [3.8, 4) is 5.75 Å². The third-order valence-corrected chi connectivity index (χ3v) is 4.26. The molecule has 2 aromatic rings. The molecule has 0 bridgehead atoms. The number of nitrogens with zero attached hydrogens (tertiary/aromatic N) is 1. The van der Waals surface area contributed by atoms with Gasteiger partial charge in [0.25, 0.3) is 0 Å². The molecule has 6 heteroatoms.